The molecule has 2 heterocycles. The first-order chi connectivity index (χ1) is 13.7. The first-order valence-electron chi connectivity index (χ1n) is 10.4. The monoisotopic (exact) mass is 527 g/mol. The maximum absolute atomic E-state index is 4.77. The number of thiazole rings is 1. The molecular weight excluding hydrogens is 493 g/mol. The Morgan fingerprint density at radius 1 is 1.28 bits per heavy atom. The summed E-state index contributed by atoms with van der Waals surface area (Å²) in [7, 11) is 0. The van der Waals surface area contributed by atoms with Crippen molar-refractivity contribution in [3.63, 3.8) is 0 Å². The molecule has 0 saturated carbocycles. The highest BCUT2D eigenvalue weighted by Gasteiger charge is 2.25. The summed E-state index contributed by atoms with van der Waals surface area (Å²) >= 11 is 1.76. The molecule has 0 aliphatic carbocycles. The van der Waals surface area contributed by atoms with Crippen LogP contribution in [0, 0.1) is 0 Å². The third-order valence-electron chi connectivity index (χ3n) is 5.25. The fourth-order valence-electron chi connectivity index (χ4n) is 3.65. The van der Waals surface area contributed by atoms with Gasteiger partial charge in [-0.3, -0.25) is 4.90 Å². The predicted molar refractivity (Wildman–Crippen MR) is 134 cm³/mol. The van der Waals surface area contributed by atoms with Crippen molar-refractivity contribution in [2.24, 2.45) is 4.99 Å². The zero-order valence-electron chi connectivity index (χ0n) is 17.7. The second-order valence-electron chi connectivity index (χ2n) is 7.44. The summed E-state index contributed by atoms with van der Waals surface area (Å²) in [5.74, 6) is 0.907. The Hall–Kier alpha value is -1.19. The molecule has 2 aromatic rings. The maximum Gasteiger partial charge on any atom is 0.191 e. The van der Waals surface area contributed by atoms with Gasteiger partial charge in [-0.1, -0.05) is 37.3 Å². The van der Waals surface area contributed by atoms with E-state index in [0.29, 0.717) is 18.6 Å². The number of rotatable bonds is 7. The zero-order valence-corrected chi connectivity index (χ0v) is 20.9. The normalized spacial score (nSPS) is 20.2. The minimum absolute atomic E-state index is 0. The van der Waals surface area contributed by atoms with Gasteiger partial charge in [-0.2, -0.15) is 0 Å². The molecule has 2 atom stereocenters. The van der Waals surface area contributed by atoms with Crippen molar-refractivity contribution in [3.05, 3.63) is 52.0 Å². The number of aliphatic imine (C=N–C) groups is 1. The molecule has 1 aromatic carbocycles. The van der Waals surface area contributed by atoms with E-state index in [0.717, 1.165) is 49.9 Å². The van der Waals surface area contributed by atoms with Crippen LogP contribution in [0.3, 0.4) is 0 Å². The van der Waals surface area contributed by atoms with E-state index < -0.39 is 0 Å². The van der Waals surface area contributed by atoms with Gasteiger partial charge in [-0.15, -0.1) is 35.3 Å². The number of piperidine rings is 1. The van der Waals surface area contributed by atoms with Crippen molar-refractivity contribution in [2.45, 2.75) is 65.2 Å². The quantitative estimate of drug-likeness (QED) is 0.318. The van der Waals surface area contributed by atoms with Gasteiger partial charge in [0.1, 0.15) is 5.01 Å². The average molecular weight is 528 g/mol. The molecule has 0 bridgehead atoms. The molecule has 1 aliphatic heterocycles. The molecule has 0 amide bonds. The Morgan fingerprint density at radius 2 is 2.07 bits per heavy atom. The first-order valence-corrected chi connectivity index (χ1v) is 11.3. The average Bonchev–Trinajstić information content (AvgIpc) is 3.17. The fourth-order valence-corrected chi connectivity index (χ4v) is 4.44. The minimum Gasteiger partial charge on any atom is -0.357 e. The van der Waals surface area contributed by atoms with E-state index in [-0.39, 0.29) is 24.0 Å². The lowest BCUT2D eigenvalue weighted by atomic mass is 9.97. The van der Waals surface area contributed by atoms with Gasteiger partial charge in [0.25, 0.3) is 0 Å². The van der Waals surface area contributed by atoms with Crippen LogP contribution in [0.15, 0.2) is 41.5 Å². The number of halogens is 1. The van der Waals surface area contributed by atoms with Crippen LogP contribution in [0.25, 0.3) is 0 Å². The van der Waals surface area contributed by atoms with Crippen molar-refractivity contribution in [3.8, 4) is 0 Å². The predicted octanol–water partition coefficient (Wildman–Crippen LogP) is 4.43. The summed E-state index contributed by atoms with van der Waals surface area (Å²) in [4.78, 5) is 13.1. The number of benzene rings is 1. The third-order valence-corrected chi connectivity index (χ3v) is 6.38. The molecule has 5 nitrogen and oxygen atoms in total. The van der Waals surface area contributed by atoms with Crippen molar-refractivity contribution < 1.29 is 0 Å². The molecule has 1 saturated heterocycles. The zero-order chi connectivity index (χ0) is 19.8. The van der Waals surface area contributed by atoms with E-state index in [9.17, 15) is 0 Å². The molecule has 7 heteroatoms. The van der Waals surface area contributed by atoms with Crippen LogP contribution in [0.2, 0.25) is 0 Å². The van der Waals surface area contributed by atoms with Crippen LogP contribution in [-0.2, 0) is 19.5 Å². The van der Waals surface area contributed by atoms with Crippen LogP contribution in [0.1, 0.15) is 49.1 Å². The molecule has 1 aliphatic rings. The smallest absolute Gasteiger partial charge is 0.191 e. The number of guanidine groups is 1. The fraction of sp³-hybridized carbons (Fsp3) is 0.545. The van der Waals surface area contributed by atoms with Gasteiger partial charge in [0.2, 0.25) is 0 Å². The van der Waals surface area contributed by atoms with Gasteiger partial charge < -0.3 is 10.6 Å². The van der Waals surface area contributed by atoms with Gasteiger partial charge in [0, 0.05) is 42.8 Å². The molecule has 160 valence electrons. The van der Waals surface area contributed by atoms with Crippen LogP contribution >= 0.6 is 35.3 Å². The van der Waals surface area contributed by atoms with Crippen molar-refractivity contribution in [2.75, 3.05) is 13.1 Å². The largest absolute Gasteiger partial charge is 0.357 e. The molecule has 1 aromatic heterocycles. The molecule has 1 fully saturated rings. The summed E-state index contributed by atoms with van der Waals surface area (Å²) in [6.07, 6.45) is 5.28. The second-order valence-corrected chi connectivity index (χ2v) is 8.64. The Kier molecular flexibility index (Phi) is 10.4. The highest BCUT2D eigenvalue weighted by molar-refractivity contribution is 14.0. The lowest BCUT2D eigenvalue weighted by molar-refractivity contribution is 0.134. The third kappa shape index (κ3) is 7.53. The number of hydrogen-bond donors (Lipinski definition) is 2. The summed E-state index contributed by atoms with van der Waals surface area (Å²) in [5, 5.41) is 8.12. The van der Waals surface area contributed by atoms with E-state index in [1.54, 1.807) is 11.3 Å². The number of hydrogen-bond acceptors (Lipinski definition) is 4. The Balaban J connectivity index is 0.00000300. The van der Waals surface area contributed by atoms with Crippen LogP contribution < -0.4 is 10.6 Å². The number of nitrogens with one attached hydrogen (secondary N) is 2. The molecule has 29 heavy (non-hydrogen) atoms. The SMILES string of the molecule is CCNC(=NCc1ncc(CC)s1)NC1CCN(Cc2ccccc2)C(C)C1.I. The van der Waals surface area contributed by atoms with E-state index in [1.807, 2.05) is 6.20 Å². The highest BCUT2D eigenvalue weighted by Crippen LogP contribution is 2.20. The lowest BCUT2D eigenvalue weighted by Gasteiger charge is -2.38. The molecule has 3 rings (SSSR count). The first kappa shape index (κ1) is 24.1. The number of aryl methyl sites for hydroxylation is 1. The molecule has 2 N–H and O–H groups in total. The summed E-state index contributed by atoms with van der Waals surface area (Å²) in [5.41, 5.74) is 1.39. The van der Waals surface area contributed by atoms with Gasteiger partial charge in [-0.05, 0) is 38.7 Å². The van der Waals surface area contributed by atoms with Gasteiger partial charge >= 0.3 is 0 Å². The van der Waals surface area contributed by atoms with Gasteiger partial charge in [-0.25, -0.2) is 9.98 Å². The molecule has 0 spiro atoms. The molecule has 0 radical (unpaired) electrons. The van der Waals surface area contributed by atoms with Crippen molar-refractivity contribution in [1.29, 1.82) is 0 Å². The van der Waals surface area contributed by atoms with Crippen LogP contribution in [0.5, 0.6) is 0 Å². The van der Waals surface area contributed by atoms with Gasteiger partial charge in [0.15, 0.2) is 5.96 Å². The second kappa shape index (κ2) is 12.5. The number of likely N-dealkylation sites (tertiary alicyclic amines) is 1. The summed E-state index contributed by atoms with van der Waals surface area (Å²) < 4.78 is 0. The van der Waals surface area contributed by atoms with Crippen molar-refractivity contribution in [1.82, 2.24) is 20.5 Å². The highest BCUT2D eigenvalue weighted by atomic mass is 127. The molecule has 2 unspecified atom stereocenters. The minimum atomic E-state index is 0. The van der Waals surface area contributed by atoms with Crippen molar-refractivity contribution >= 4 is 41.3 Å². The lowest BCUT2D eigenvalue weighted by Crippen LogP contribution is -2.51. The Bertz CT molecular complexity index is 749. The summed E-state index contributed by atoms with van der Waals surface area (Å²) in [6.45, 7) is 10.3. The number of nitrogens with zero attached hydrogens (tertiary/aromatic N) is 3. The molecular formula is C22H34IN5S. The van der Waals surface area contributed by atoms with Crippen LogP contribution in [-0.4, -0.2) is 41.0 Å². The maximum atomic E-state index is 4.77. The Labute approximate surface area is 196 Å². The van der Waals surface area contributed by atoms with E-state index >= 15 is 0 Å². The Morgan fingerprint density at radius 3 is 2.72 bits per heavy atom. The van der Waals surface area contributed by atoms with E-state index in [2.05, 4.69) is 71.6 Å². The van der Waals surface area contributed by atoms with Crippen LogP contribution in [0.4, 0.5) is 0 Å². The summed E-state index contributed by atoms with van der Waals surface area (Å²) in [6, 6.07) is 11.8. The van der Waals surface area contributed by atoms with Gasteiger partial charge in [0.05, 0.1) is 6.54 Å². The topological polar surface area (TPSA) is 52.6 Å². The number of aromatic nitrogens is 1. The van der Waals surface area contributed by atoms with E-state index in [4.69, 9.17) is 4.99 Å². The standard InChI is InChI=1S/C22H33N5S.HI/c1-4-20-14-24-21(28-20)15-25-22(23-5-2)26-19-11-12-27(17(3)13-19)16-18-9-7-6-8-10-18;/h6-10,14,17,19H,4-5,11-13,15-16H2,1-3H3,(H2,23,25,26);1H. The van der Waals surface area contributed by atoms with E-state index in [1.165, 1.54) is 10.4 Å².